The van der Waals surface area contributed by atoms with Gasteiger partial charge in [-0.1, -0.05) is 6.07 Å². The molecular formula is C25H28N4O6. The minimum atomic E-state index is -0.605. The summed E-state index contributed by atoms with van der Waals surface area (Å²) in [4.78, 5) is 17.7. The number of carbonyl (C=O) groups excluding carboxylic acids is 1. The number of aromatic nitrogens is 3. The van der Waals surface area contributed by atoms with Gasteiger partial charge < -0.3 is 29.0 Å². The average Bonchev–Trinajstić information content (AvgIpc) is 3.30. The zero-order valence-electron chi connectivity index (χ0n) is 20.5. The molecule has 10 heteroatoms. The Morgan fingerprint density at radius 1 is 0.943 bits per heavy atom. The van der Waals surface area contributed by atoms with Gasteiger partial charge in [-0.05, 0) is 49.7 Å². The maximum atomic E-state index is 13.0. The number of hydrogen-bond acceptors (Lipinski definition) is 9. The predicted octanol–water partition coefficient (Wildman–Crippen LogP) is 3.83. The lowest BCUT2D eigenvalue weighted by molar-refractivity contribution is -0.139. The van der Waals surface area contributed by atoms with E-state index in [2.05, 4.69) is 5.32 Å². The van der Waals surface area contributed by atoms with Gasteiger partial charge in [-0.2, -0.15) is 4.98 Å². The molecule has 3 aromatic rings. The van der Waals surface area contributed by atoms with Crippen LogP contribution in [0.5, 0.6) is 23.0 Å². The normalized spacial score (nSPS) is 14.6. The fraction of sp³-hybridized carbons (Fsp3) is 0.320. The molecule has 0 bridgehead atoms. The average molecular weight is 481 g/mol. The van der Waals surface area contributed by atoms with E-state index in [0.717, 1.165) is 11.1 Å². The number of anilines is 1. The third-order valence-electron chi connectivity index (χ3n) is 5.71. The molecule has 0 amide bonds. The van der Waals surface area contributed by atoms with Gasteiger partial charge in [0.2, 0.25) is 5.95 Å². The summed E-state index contributed by atoms with van der Waals surface area (Å²) in [6, 6.07) is 10.3. The number of carbonyl (C=O) groups is 1. The van der Waals surface area contributed by atoms with Gasteiger partial charge in [-0.15, -0.1) is 5.10 Å². The standard InChI is InChI=1S/C25H28N4O6/c1-7-35-24(30)21-14(2)26-25-27-23(16-9-11-18(32-4)20(13-16)34-6)28-29(25)22(21)15-8-10-17(31-3)19(12-15)33-5/h8-13,22H,7H2,1-6H3,(H,26,27,28). The van der Waals surface area contributed by atoms with Gasteiger partial charge in [0.15, 0.2) is 28.8 Å². The van der Waals surface area contributed by atoms with Crippen LogP contribution in [-0.2, 0) is 9.53 Å². The summed E-state index contributed by atoms with van der Waals surface area (Å²) in [5.41, 5.74) is 2.54. The van der Waals surface area contributed by atoms with E-state index in [0.29, 0.717) is 46.0 Å². The van der Waals surface area contributed by atoms with Gasteiger partial charge in [-0.25, -0.2) is 9.48 Å². The molecule has 0 radical (unpaired) electrons. The predicted molar refractivity (Wildman–Crippen MR) is 129 cm³/mol. The van der Waals surface area contributed by atoms with E-state index in [1.807, 2.05) is 25.1 Å². The highest BCUT2D eigenvalue weighted by atomic mass is 16.5. The molecule has 35 heavy (non-hydrogen) atoms. The van der Waals surface area contributed by atoms with Crippen LogP contribution in [0.15, 0.2) is 47.7 Å². The number of ether oxygens (including phenoxy) is 5. The zero-order chi connectivity index (χ0) is 25.1. The Labute approximate surface area is 203 Å². The number of nitrogens with zero attached hydrogens (tertiary/aromatic N) is 3. The highest BCUT2D eigenvalue weighted by Crippen LogP contribution is 2.40. The first kappa shape index (κ1) is 23.9. The van der Waals surface area contributed by atoms with Crippen molar-refractivity contribution in [3.63, 3.8) is 0 Å². The highest BCUT2D eigenvalue weighted by Gasteiger charge is 2.35. The maximum Gasteiger partial charge on any atom is 0.338 e. The van der Waals surface area contributed by atoms with Crippen molar-refractivity contribution in [2.24, 2.45) is 0 Å². The second kappa shape index (κ2) is 9.96. The first-order valence-electron chi connectivity index (χ1n) is 11.0. The molecule has 0 aliphatic carbocycles. The molecule has 1 atom stereocenters. The molecule has 2 heterocycles. The monoisotopic (exact) mass is 480 g/mol. The molecule has 0 spiro atoms. The van der Waals surface area contributed by atoms with Crippen LogP contribution in [0.1, 0.15) is 25.5 Å². The number of nitrogens with one attached hydrogen (secondary N) is 1. The maximum absolute atomic E-state index is 13.0. The Kier molecular flexibility index (Phi) is 6.81. The number of fused-ring (bicyclic) bond motifs is 1. The van der Waals surface area contributed by atoms with Crippen molar-refractivity contribution >= 4 is 11.9 Å². The summed E-state index contributed by atoms with van der Waals surface area (Å²) in [6.45, 7) is 3.83. The number of esters is 1. The molecule has 184 valence electrons. The van der Waals surface area contributed by atoms with Gasteiger partial charge in [0.1, 0.15) is 6.04 Å². The smallest absolute Gasteiger partial charge is 0.338 e. The minimum absolute atomic E-state index is 0.245. The molecular weight excluding hydrogens is 452 g/mol. The molecule has 10 nitrogen and oxygen atoms in total. The van der Waals surface area contributed by atoms with Crippen molar-refractivity contribution in [3.05, 3.63) is 53.2 Å². The molecule has 0 saturated heterocycles. The summed E-state index contributed by atoms with van der Waals surface area (Å²) in [5.74, 6) is 2.77. The Morgan fingerprint density at radius 2 is 1.57 bits per heavy atom. The minimum Gasteiger partial charge on any atom is -0.493 e. The van der Waals surface area contributed by atoms with Crippen LogP contribution in [0.3, 0.4) is 0 Å². The largest absolute Gasteiger partial charge is 0.493 e. The molecule has 0 fully saturated rings. The molecule has 1 unspecified atom stereocenters. The van der Waals surface area contributed by atoms with Gasteiger partial charge in [0.05, 0.1) is 40.6 Å². The van der Waals surface area contributed by atoms with E-state index in [4.69, 9.17) is 33.8 Å². The van der Waals surface area contributed by atoms with Crippen molar-refractivity contribution in [2.75, 3.05) is 40.4 Å². The third kappa shape index (κ3) is 4.34. The van der Waals surface area contributed by atoms with Gasteiger partial charge in [0.25, 0.3) is 0 Å². The number of rotatable bonds is 8. The summed E-state index contributed by atoms with van der Waals surface area (Å²) < 4.78 is 28.7. The second-order valence-electron chi connectivity index (χ2n) is 7.67. The summed E-state index contributed by atoms with van der Waals surface area (Å²) in [7, 11) is 6.28. The van der Waals surface area contributed by atoms with Crippen LogP contribution < -0.4 is 24.3 Å². The van der Waals surface area contributed by atoms with Crippen LogP contribution in [0.2, 0.25) is 0 Å². The van der Waals surface area contributed by atoms with Gasteiger partial charge in [-0.3, -0.25) is 0 Å². The number of hydrogen-bond donors (Lipinski definition) is 1. The molecule has 1 N–H and O–H groups in total. The third-order valence-corrected chi connectivity index (χ3v) is 5.71. The quantitative estimate of drug-likeness (QED) is 0.482. The van der Waals surface area contributed by atoms with Crippen LogP contribution in [0.4, 0.5) is 5.95 Å². The fourth-order valence-electron chi connectivity index (χ4n) is 4.05. The van der Waals surface area contributed by atoms with Crippen LogP contribution in [-0.4, -0.2) is 55.8 Å². The van der Waals surface area contributed by atoms with Crippen molar-refractivity contribution < 1.29 is 28.5 Å². The van der Waals surface area contributed by atoms with Gasteiger partial charge >= 0.3 is 5.97 Å². The van der Waals surface area contributed by atoms with Crippen LogP contribution >= 0.6 is 0 Å². The van der Waals surface area contributed by atoms with Crippen LogP contribution in [0.25, 0.3) is 11.4 Å². The van der Waals surface area contributed by atoms with Crippen molar-refractivity contribution in [1.29, 1.82) is 0 Å². The molecule has 2 aromatic carbocycles. The molecule has 4 rings (SSSR count). The van der Waals surface area contributed by atoms with E-state index >= 15 is 0 Å². The van der Waals surface area contributed by atoms with Crippen LogP contribution in [0, 0.1) is 0 Å². The van der Waals surface area contributed by atoms with E-state index < -0.39 is 12.0 Å². The van der Waals surface area contributed by atoms with Gasteiger partial charge in [0, 0.05) is 11.3 Å². The van der Waals surface area contributed by atoms with E-state index in [-0.39, 0.29) is 6.61 Å². The highest BCUT2D eigenvalue weighted by molar-refractivity contribution is 5.92. The number of allylic oxidation sites excluding steroid dienone is 1. The first-order chi connectivity index (χ1) is 16.9. The second-order valence-corrected chi connectivity index (χ2v) is 7.67. The number of benzene rings is 2. The Bertz CT molecular complexity index is 1280. The lowest BCUT2D eigenvalue weighted by Crippen LogP contribution is -2.29. The lowest BCUT2D eigenvalue weighted by atomic mass is 9.95. The van der Waals surface area contributed by atoms with Crippen molar-refractivity contribution in [1.82, 2.24) is 14.8 Å². The molecule has 0 saturated carbocycles. The summed E-state index contributed by atoms with van der Waals surface area (Å²) in [5, 5.41) is 7.97. The Balaban J connectivity index is 1.87. The van der Waals surface area contributed by atoms with E-state index in [1.54, 1.807) is 58.2 Å². The lowest BCUT2D eigenvalue weighted by Gasteiger charge is -2.28. The summed E-state index contributed by atoms with van der Waals surface area (Å²) in [6.07, 6.45) is 0. The SMILES string of the molecule is CCOC(=O)C1=C(C)Nc2nc(-c3ccc(OC)c(OC)c3)nn2C1c1ccc(OC)c(OC)c1. The first-order valence-corrected chi connectivity index (χ1v) is 11.0. The van der Waals surface area contributed by atoms with E-state index in [9.17, 15) is 4.79 Å². The van der Waals surface area contributed by atoms with E-state index in [1.165, 1.54) is 0 Å². The molecule has 1 aliphatic heterocycles. The number of methoxy groups -OCH3 is 4. The summed E-state index contributed by atoms with van der Waals surface area (Å²) >= 11 is 0. The fourth-order valence-corrected chi connectivity index (χ4v) is 4.05. The zero-order valence-corrected chi connectivity index (χ0v) is 20.5. The van der Waals surface area contributed by atoms with Crippen molar-refractivity contribution in [3.8, 4) is 34.4 Å². The van der Waals surface area contributed by atoms with Crippen molar-refractivity contribution in [2.45, 2.75) is 19.9 Å². The Morgan fingerprint density at radius 3 is 2.20 bits per heavy atom. The molecule has 1 aliphatic rings. The topological polar surface area (TPSA) is 106 Å². The Hall–Kier alpha value is -4.21. The molecule has 1 aromatic heterocycles.